The lowest BCUT2D eigenvalue weighted by Crippen LogP contribution is -2.43. The Morgan fingerprint density at radius 2 is 1.74 bits per heavy atom. The molecule has 9 nitrogen and oxygen atoms in total. The molecule has 2 bridgehead atoms. The molecule has 46 heavy (non-hydrogen) atoms. The van der Waals surface area contributed by atoms with Crippen LogP contribution in [-0.4, -0.2) is 60.4 Å². The molecule has 5 atom stereocenters. The highest BCUT2D eigenvalue weighted by Gasteiger charge is 2.38. The van der Waals surface area contributed by atoms with Gasteiger partial charge in [0.1, 0.15) is 5.82 Å². The van der Waals surface area contributed by atoms with Gasteiger partial charge in [0.2, 0.25) is 5.95 Å². The van der Waals surface area contributed by atoms with Gasteiger partial charge in [0, 0.05) is 49.0 Å². The fraction of sp³-hybridized carbons (Fsp3) is 0.622. The van der Waals surface area contributed by atoms with E-state index in [2.05, 4.69) is 64.1 Å². The predicted molar refractivity (Wildman–Crippen MR) is 181 cm³/mol. The van der Waals surface area contributed by atoms with Crippen LogP contribution in [0.1, 0.15) is 112 Å². The summed E-state index contributed by atoms with van der Waals surface area (Å²) in [6.45, 7) is 3.17. The molecule has 2 aliphatic heterocycles. The minimum Gasteiger partial charge on any atom is -0.481 e. The minimum absolute atomic E-state index is 0.0760. The number of piperidine rings is 1. The molecule has 2 aromatic heterocycles. The van der Waals surface area contributed by atoms with Crippen LogP contribution in [0.25, 0.3) is 0 Å². The van der Waals surface area contributed by atoms with Crippen LogP contribution in [0.15, 0.2) is 42.7 Å². The van der Waals surface area contributed by atoms with Crippen molar-refractivity contribution < 1.29 is 9.90 Å². The van der Waals surface area contributed by atoms with E-state index < -0.39 is 5.97 Å². The number of aryl methyl sites for hydroxylation is 2. The number of aliphatic carboxylic acids is 1. The number of aromatic nitrogens is 4. The maximum atomic E-state index is 11.6. The number of fused-ring (bicyclic) bond motifs is 3. The molecule has 7 rings (SSSR count). The van der Waals surface area contributed by atoms with Gasteiger partial charge >= 0.3 is 5.97 Å². The average Bonchev–Trinajstić information content (AvgIpc) is 3.60. The van der Waals surface area contributed by atoms with Crippen LogP contribution < -0.4 is 10.6 Å². The SMILES string of the molecule is CC[C@@H](Nc1nc2c(c(N[C@@H](CN3C4CCC[C@@H]3CC4)c3cnn(C)c3)n1)C[C@H](c1ccccc1)CC2)C1CCC(C(=O)O)CC1. The number of carbonyl (C=O) groups is 1. The van der Waals surface area contributed by atoms with Crippen LogP contribution in [0, 0.1) is 11.8 Å². The third-order valence-electron chi connectivity index (χ3n) is 11.7. The molecule has 3 aromatic rings. The fourth-order valence-electron chi connectivity index (χ4n) is 9.04. The Hall–Kier alpha value is -3.46. The van der Waals surface area contributed by atoms with Crippen LogP contribution in [0.4, 0.5) is 11.8 Å². The monoisotopic (exact) mass is 625 g/mol. The van der Waals surface area contributed by atoms with Gasteiger partial charge in [-0.05, 0) is 94.4 Å². The van der Waals surface area contributed by atoms with Gasteiger partial charge in [0.05, 0.1) is 23.9 Å². The van der Waals surface area contributed by atoms with Crippen molar-refractivity contribution in [1.82, 2.24) is 24.6 Å². The first-order valence-corrected chi connectivity index (χ1v) is 17.9. The summed E-state index contributed by atoms with van der Waals surface area (Å²) in [4.78, 5) is 24.8. The molecule has 246 valence electrons. The van der Waals surface area contributed by atoms with Gasteiger partial charge < -0.3 is 15.7 Å². The molecule has 3 N–H and O–H groups in total. The van der Waals surface area contributed by atoms with E-state index in [1.807, 2.05) is 17.9 Å². The summed E-state index contributed by atoms with van der Waals surface area (Å²) < 4.78 is 1.91. The lowest BCUT2D eigenvalue weighted by atomic mass is 9.78. The number of anilines is 2. The Labute approximate surface area is 273 Å². The van der Waals surface area contributed by atoms with Crippen molar-refractivity contribution in [3.05, 3.63) is 65.1 Å². The summed E-state index contributed by atoms with van der Waals surface area (Å²) in [5.74, 6) is 1.67. The second-order valence-electron chi connectivity index (χ2n) is 14.4. The van der Waals surface area contributed by atoms with E-state index in [1.54, 1.807) is 0 Å². The maximum absolute atomic E-state index is 11.6. The zero-order valence-electron chi connectivity index (χ0n) is 27.6. The van der Waals surface area contributed by atoms with Crippen LogP contribution in [0.2, 0.25) is 0 Å². The molecule has 0 spiro atoms. The van der Waals surface area contributed by atoms with E-state index in [1.165, 1.54) is 48.8 Å². The highest BCUT2D eigenvalue weighted by molar-refractivity contribution is 5.70. The van der Waals surface area contributed by atoms with E-state index in [9.17, 15) is 9.90 Å². The van der Waals surface area contributed by atoms with Crippen molar-refractivity contribution >= 4 is 17.7 Å². The van der Waals surface area contributed by atoms with Crippen LogP contribution in [-0.2, 0) is 24.7 Å². The summed E-state index contributed by atoms with van der Waals surface area (Å²) in [5.41, 5.74) is 4.99. The normalized spacial score (nSPS) is 27.5. The summed E-state index contributed by atoms with van der Waals surface area (Å²) >= 11 is 0. The van der Waals surface area contributed by atoms with E-state index in [4.69, 9.17) is 9.97 Å². The molecule has 0 radical (unpaired) electrons. The second-order valence-corrected chi connectivity index (χ2v) is 14.4. The molecule has 1 unspecified atom stereocenters. The molecule has 4 heterocycles. The van der Waals surface area contributed by atoms with Crippen molar-refractivity contribution in [2.45, 2.75) is 120 Å². The van der Waals surface area contributed by atoms with E-state index >= 15 is 0 Å². The summed E-state index contributed by atoms with van der Waals surface area (Å²) in [6, 6.07) is 12.6. The van der Waals surface area contributed by atoms with E-state index in [0.29, 0.717) is 29.9 Å². The molecule has 2 saturated heterocycles. The topological polar surface area (TPSA) is 108 Å². The largest absolute Gasteiger partial charge is 0.481 e. The molecular formula is C37H51N7O2. The third kappa shape index (κ3) is 6.66. The number of carboxylic acids is 1. The number of hydrogen-bond acceptors (Lipinski definition) is 7. The zero-order valence-corrected chi connectivity index (χ0v) is 27.6. The Morgan fingerprint density at radius 1 is 0.978 bits per heavy atom. The molecule has 1 saturated carbocycles. The van der Waals surface area contributed by atoms with Gasteiger partial charge in [-0.3, -0.25) is 14.4 Å². The van der Waals surface area contributed by atoms with Crippen molar-refractivity contribution in [2.75, 3.05) is 17.2 Å². The number of nitrogens with zero attached hydrogens (tertiary/aromatic N) is 5. The maximum Gasteiger partial charge on any atom is 0.306 e. The van der Waals surface area contributed by atoms with Crippen molar-refractivity contribution in [3.63, 3.8) is 0 Å². The third-order valence-corrected chi connectivity index (χ3v) is 11.7. The Morgan fingerprint density at radius 3 is 2.41 bits per heavy atom. The number of benzene rings is 1. The number of rotatable bonds is 11. The molecule has 2 aliphatic carbocycles. The van der Waals surface area contributed by atoms with E-state index in [-0.39, 0.29) is 18.0 Å². The first-order valence-electron chi connectivity index (χ1n) is 17.9. The van der Waals surface area contributed by atoms with Gasteiger partial charge in [-0.2, -0.15) is 10.1 Å². The fourth-order valence-corrected chi connectivity index (χ4v) is 9.04. The summed E-state index contributed by atoms with van der Waals surface area (Å²) in [5, 5.41) is 21.9. The molecule has 3 fully saturated rings. The Balaban J connectivity index is 1.19. The summed E-state index contributed by atoms with van der Waals surface area (Å²) in [6.07, 6.45) is 18.0. The van der Waals surface area contributed by atoms with Crippen molar-refractivity contribution in [2.24, 2.45) is 18.9 Å². The van der Waals surface area contributed by atoms with Crippen LogP contribution in [0.3, 0.4) is 0 Å². The van der Waals surface area contributed by atoms with Gasteiger partial charge in [-0.25, -0.2) is 4.98 Å². The highest BCUT2D eigenvalue weighted by Crippen LogP contribution is 2.40. The quantitative estimate of drug-likeness (QED) is 0.215. The molecule has 4 aliphatic rings. The van der Waals surface area contributed by atoms with Crippen molar-refractivity contribution in [3.8, 4) is 0 Å². The van der Waals surface area contributed by atoms with Gasteiger partial charge in [0.25, 0.3) is 0 Å². The zero-order chi connectivity index (χ0) is 31.6. The van der Waals surface area contributed by atoms with Crippen molar-refractivity contribution in [1.29, 1.82) is 0 Å². The molecule has 1 aromatic carbocycles. The van der Waals surface area contributed by atoms with Gasteiger partial charge in [0.15, 0.2) is 0 Å². The molecule has 9 heteroatoms. The van der Waals surface area contributed by atoms with Gasteiger partial charge in [-0.15, -0.1) is 0 Å². The molecule has 0 amide bonds. The smallest absolute Gasteiger partial charge is 0.306 e. The Bertz CT molecular complexity index is 1470. The van der Waals surface area contributed by atoms with Crippen LogP contribution >= 0.6 is 0 Å². The number of hydrogen-bond donors (Lipinski definition) is 3. The Kier molecular flexibility index (Phi) is 9.29. The predicted octanol–water partition coefficient (Wildman–Crippen LogP) is 6.73. The number of carboxylic acid groups (broad SMARTS) is 1. The van der Waals surface area contributed by atoms with E-state index in [0.717, 1.165) is 69.4 Å². The number of nitrogens with one attached hydrogen (secondary N) is 2. The first-order chi connectivity index (χ1) is 22.4. The van der Waals surface area contributed by atoms with Gasteiger partial charge in [-0.1, -0.05) is 43.7 Å². The first kappa shape index (κ1) is 31.2. The summed E-state index contributed by atoms with van der Waals surface area (Å²) in [7, 11) is 2.00. The highest BCUT2D eigenvalue weighted by atomic mass is 16.4. The second kappa shape index (κ2) is 13.7. The standard InChI is InChI=1S/C37H51N7O2/c1-3-32(25-12-14-26(15-13-25)36(45)46)40-37-41-33-19-16-27(24-8-5-4-6-9-24)20-31(33)35(42-37)39-34(28-21-38-43(2)22-28)23-44-29-10-7-11-30(44)18-17-29/h4-6,8-9,21-22,25-27,29-30,32,34H,3,7,10-20,23H2,1-2H3,(H,45,46)(H2,39,40,41,42)/t25?,26?,27-,29-,30?,32-,34+/m1/s1. The molecular weight excluding hydrogens is 574 g/mol. The minimum atomic E-state index is -0.650. The van der Waals surface area contributed by atoms with Crippen LogP contribution in [0.5, 0.6) is 0 Å². The lowest BCUT2D eigenvalue weighted by Gasteiger charge is -2.37. The lowest BCUT2D eigenvalue weighted by molar-refractivity contribution is -0.143. The average molecular weight is 626 g/mol.